The summed E-state index contributed by atoms with van der Waals surface area (Å²) in [6.07, 6.45) is -1.12. The number of nitrogens with one attached hydrogen (secondary N) is 2. The van der Waals surface area contributed by atoms with Crippen molar-refractivity contribution in [1.82, 2.24) is 10.6 Å². The molecule has 2 unspecified atom stereocenters. The van der Waals surface area contributed by atoms with Crippen molar-refractivity contribution >= 4 is 17.8 Å². The molecule has 26 heavy (non-hydrogen) atoms. The molecule has 0 aromatic heterocycles. The van der Waals surface area contributed by atoms with Crippen LogP contribution < -0.4 is 20.1 Å². The second-order valence-electron chi connectivity index (χ2n) is 6.61. The van der Waals surface area contributed by atoms with Crippen molar-refractivity contribution in [2.45, 2.75) is 45.4 Å². The summed E-state index contributed by atoms with van der Waals surface area (Å²) < 4.78 is 11.3. The summed E-state index contributed by atoms with van der Waals surface area (Å²) in [5.74, 6) is -1.06. The summed E-state index contributed by atoms with van der Waals surface area (Å²) in [6, 6.07) is 6.02. The van der Waals surface area contributed by atoms with E-state index >= 15 is 0 Å². The van der Waals surface area contributed by atoms with Crippen LogP contribution in [-0.4, -0.2) is 47.7 Å². The van der Waals surface area contributed by atoms with Gasteiger partial charge in [-0.15, -0.1) is 0 Å². The van der Waals surface area contributed by atoms with E-state index in [0.717, 1.165) is 0 Å². The van der Waals surface area contributed by atoms with E-state index in [2.05, 4.69) is 10.6 Å². The zero-order valence-corrected chi connectivity index (χ0v) is 15.0. The van der Waals surface area contributed by atoms with Gasteiger partial charge in [0.1, 0.15) is 12.1 Å². The van der Waals surface area contributed by atoms with E-state index in [-0.39, 0.29) is 12.5 Å². The van der Waals surface area contributed by atoms with Gasteiger partial charge in [-0.2, -0.15) is 0 Å². The fourth-order valence-corrected chi connectivity index (χ4v) is 2.61. The molecule has 3 atom stereocenters. The molecule has 0 aliphatic carbocycles. The van der Waals surface area contributed by atoms with Crippen LogP contribution >= 0.6 is 0 Å². The monoisotopic (exact) mass is 364 g/mol. The zero-order valence-electron chi connectivity index (χ0n) is 15.0. The van der Waals surface area contributed by atoms with E-state index in [9.17, 15) is 14.4 Å². The second-order valence-corrected chi connectivity index (χ2v) is 6.61. The zero-order chi connectivity index (χ0) is 19.3. The van der Waals surface area contributed by atoms with Crippen molar-refractivity contribution in [2.24, 2.45) is 5.92 Å². The Morgan fingerprint density at radius 2 is 1.77 bits per heavy atom. The minimum absolute atomic E-state index is 0.111. The third-order valence-electron chi connectivity index (χ3n) is 3.86. The van der Waals surface area contributed by atoms with Gasteiger partial charge in [0.05, 0.1) is 6.54 Å². The smallest absolute Gasteiger partial charge is 0.326 e. The van der Waals surface area contributed by atoms with Crippen LogP contribution in [0.4, 0.5) is 0 Å². The SMILES string of the molecule is CC(C)C[C@H](NC(=O)CNC(=O)C1Oc2ccccc2OC1C)C(=O)O. The highest BCUT2D eigenvalue weighted by Gasteiger charge is 2.34. The Kier molecular flexibility index (Phi) is 6.43. The number of aliphatic carboxylic acids is 1. The average Bonchev–Trinajstić information content (AvgIpc) is 2.58. The van der Waals surface area contributed by atoms with Gasteiger partial charge in [0, 0.05) is 0 Å². The first-order valence-corrected chi connectivity index (χ1v) is 8.50. The number of carbonyl (C=O) groups is 3. The van der Waals surface area contributed by atoms with E-state index in [4.69, 9.17) is 14.6 Å². The first-order valence-electron chi connectivity index (χ1n) is 8.50. The average molecular weight is 364 g/mol. The van der Waals surface area contributed by atoms with Crippen LogP contribution in [0.2, 0.25) is 0 Å². The van der Waals surface area contributed by atoms with Gasteiger partial charge in [-0.1, -0.05) is 26.0 Å². The molecule has 1 aliphatic heterocycles. The Bertz CT molecular complexity index is 675. The number of ether oxygens (including phenoxy) is 2. The van der Waals surface area contributed by atoms with Gasteiger partial charge in [0.2, 0.25) is 12.0 Å². The summed E-state index contributed by atoms with van der Waals surface area (Å²) in [4.78, 5) is 35.4. The molecular formula is C18H24N2O6. The third-order valence-corrected chi connectivity index (χ3v) is 3.86. The Morgan fingerprint density at radius 3 is 2.35 bits per heavy atom. The molecule has 1 aromatic carbocycles. The van der Waals surface area contributed by atoms with Crippen molar-refractivity contribution in [3.05, 3.63) is 24.3 Å². The molecule has 2 rings (SSSR count). The first-order chi connectivity index (χ1) is 12.3. The lowest BCUT2D eigenvalue weighted by Crippen LogP contribution is -2.52. The molecule has 1 aliphatic rings. The molecule has 0 bridgehead atoms. The lowest BCUT2D eigenvalue weighted by atomic mass is 10.0. The predicted octanol–water partition coefficient (Wildman–Crippen LogP) is 0.947. The Balaban J connectivity index is 1.88. The van der Waals surface area contributed by atoms with Crippen LogP contribution in [0.1, 0.15) is 27.2 Å². The van der Waals surface area contributed by atoms with Crippen molar-refractivity contribution < 1.29 is 29.0 Å². The van der Waals surface area contributed by atoms with Crippen LogP contribution in [0.15, 0.2) is 24.3 Å². The highest BCUT2D eigenvalue weighted by Crippen LogP contribution is 2.33. The van der Waals surface area contributed by atoms with Crippen LogP contribution in [0.5, 0.6) is 11.5 Å². The summed E-state index contributed by atoms with van der Waals surface area (Å²) >= 11 is 0. The summed E-state index contributed by atoms with van der Waals surface area (Å²) in [5, 5.41) is 14.0. The number of carboxylic acids is 1. The standard InChI is InChI=1S/C18H24N2O6/c1-10(2)8-12(18(23)24)20-15(21)9-19-17(22)16-11(3)25-13-6-4-5-7-14(13)26-16/h4-7,10-12,16H,8-9H2,1-3H3,(H,19,22)(H,20,21)(H,23,24)/t11?,12-,16?/m0/s1. The topological polar surface area (TPSA) is 114 Å². The first kappa shape index (κ1) is 19.6. The van der Waals surface area contributed by atoms with Gasteiger partial charge in [0.15, 0.2) is 11.5 Å². The number of fused-ring (bicyclic) bond motifs is 1. The van der Waals surface area contributed by atoms with E-state index in [0.29, 0.717) is 17.9 Å². The molecule has 0 spiro atoms. The molecule has 8 heteroatoms. The molecule has 0 radical (unpaired) electrons. The molecule has 1 aromatic rings. The minimum Gasteiger partial charge on any atom is -0.482 e. The van der Waals surface area contributed by atoms with Gasteiger partial charge in [-0.25, -0.2) is 4.79 Å². The number of amides is 2. The van der Waals surface area contributed by atoms with E-state index < -0.39 is 36.0 Å². The molecular weight excluding hydrogens is 340 g/mol. The number of hydrogen-bond donors (Lipinski definition) is 3. The third kappa shape index (κ3) is 5.11. The lowest BCUT2D eigenvalue weighted by Gasteiger charge is -2.31. The fourth-order valence-electron chi connectivity index (χ4n) is 2.61. The highest BCUT2D eigenvalue weighted by atomic mass is 16.6. The molecule has 142 valence electrons. The molecule has 1 heterocycles. The number of benzene rings is 1. The van der Waals surface area contributed by atoms with E-state index in [1.54, 1.807) is 31.2 Å². The van der Waals surface area contributed by atoms with Gasteiger partial charge >= 0.3 is 5.97 Å². The van der Waals surface area contributed by atoms with Crippen molar-refractivity contribution in [1.29, 1.82) is 0 Å². The molecule has 3 N–H and O–H groups in total. The van der Waals surface area contributed by atoms with Crippen molar-refractivity contribution in [3.63, 3.8) is 0 Å². The number of hydrogen-bond acceptors (Lipinski definition) is 5. The van der Waals surface area contributed by atoms with Crippen LogP contribution in [0.3, 0.4) is 0 Å². The Hall–Kier alpha value is -2.77. The number of carbonyl (C=O) groups excluding carboxylic acids is 2. The fraction of sp³-hybridized carbons (Fsp3) is 0.500. The number of carboxylic acid groups (broad SMARTS) is 1. The van der Waals surface area contributed by atoms with Gasteiger partial charge in [-0.3, -0.25) is 9.59 Å². The molecule has 2 amide bonds. The van der Waals surface area contributed by atoms with E-state index in [1.165, 1.54) is 0 Å². The Morgan fingerprint density at radius 1 is 1.15 bits per heavy atom. The minimum atomic E-state index is -1.10. The molecule has 0 saturated carbocycles. The molecule has 0 saturated heterocycles. The van der Waals surface area contributed by atoms with Gasteiger partial charge < -0.3 is 25.2 Å². The van der Waals surface area contributed by atoms with Crippen LogP contribution in [-0.2, 0) is 14.4 Å². The highest BCUT2D eigenvalue weighted by molar-refractivity contribution is 5.89. The Labute approximate surface area is 151 Å². The largest absolute Gasteiger partial charge is 0.482 e. The van der Waals surface area contributed by atoms with Crippen LogP contribution in [0.25, 0.3) is 0 Å². The summed E-state index contributed by atoms with van der Waals surface area (Å²) in [7, 11) is 0. The summed E-state index contributed by atoms with van der Waals surface area (Å²) in [6.45, 7) is 5.09. The molecule has 0 fully saturated rings. The van der Waals surface area contributed by atoms with Crippen LogP contribution in [0, 0.1) is 5.92 Å². The quantitative estimate of drug-likeness (QED) is 0.664. The predicted molar refractivity (Wildman–Crippen MR) is 93.0 cm³/mol. The maximum absolute atomic E-state index is 12.3. The number of rotatable bonds is 7. The maximum atomic E-state index is 12.3. The second kappa shape index (κ2) is 8.55. The van der Waals surface area contributed by atoms with E-state index in [1.807, 2.05) is 13.8 Å². The normalized spacial score (nSPS) is 19.5. The van der Waals surface area contributed by atoms with Crippen molar-refractivity contribution in [3.8, 4) is 11.5 Å². The van der Waals surface area contributed by atoms with Crippen molar-refractivity contribution in [2.75, 3.05) is 6.54 Å². The number of para-hydroxylation sites is 2. The maximum Gasteiger partial charge on any atom is 0.326 e. The van der Waals surface area contributed by atoms with Gasteiger partial charge in [-0.05, 0) is 31.4 Å². The lowest BCUT2D eigenvalue weighted by molar-refractivity contribution is -0.142. The van der Waals surface area contributed by atoms with Gasteiger partial charge in [0.25, 0.3) is 5.91 Å². The molecule has 8 nitrogen and oxygen atoms in total. The summed E-state index contributed by atoms with van der Waals surface area (Å²) in [5.41, 5.74) is 0.